The van der Waals surface area contributed by atoms with Crippen LogP contribution < -0.4 is 4.74 Å². The molecular formula is C14H17BrO3. The molecule has 1 aromatic rings. The average Bonchev–Trinajstić information content (AvgIpc) is 2.77. The van der Waals surface area contributed by atoms with Crippen LogP contribution in [0.3, 0.4) is 0 Å². The second-order valence-corrected chi connectivity index (χ2v) is 5.23. The van der Waals surface area contributed by atoms with Gasteiger partial charge in [0.25, 0.3) is 0 Å². The first-order valence-electron chi connectivity index (χ1n) is 6.30. The highest BCUT2D eigenvalue weighted by atomic mass is 79.9. The Balaban J connectivity index is 1.95. The minimum absolute atomic E-state index is 0.120. The highest BCUT2D eigenvalue weighted by Gasteiger charge is 2.17. The molecule has 0 aromatic heterocycles. The fourth-order valence-corrected chi connectivity index (χ4v) is 2.74. The Morgan fingerprint density at radius 3 is 3.11 bits per heavy atom. The molecule has 4 heteroatoms. The van der Waals surface area contributed by atoms with Gasteiger partial charge in [0.05, 0.1) is 13.2 Å². The Bertz CT molecular complexity index is 443. The van der Waals surface area contributed by atoms with Gasteiger partial charge in [-0.25, -0.2) is 0 Å². The lowest BCUT2D eigenvalue weighted by molar-refractivity contribution is -0.143. The minimum Gasteiger partial charge on any atom is -0.493 e. The molecule has 1 aromatic carbocycles. The van der Waals surface area contributed by atoms with E-state index in [1.807, 2.05) is 6.92 Å². The molecule has 0 saturated heterocycles. The predicted octanol–water partition coefficient (Wildman–Crippen LogP) is 3.27. The summed E-state index contributed by atoms with van der Waals surface area (Å²) in [6.07, 6.45) is 3.08. The summed E-state index contributed by atoms with van der Waals surface area (Å²) in [4.78, 5) is 11.3. The van der Waals surface area contributed by atoms with Crippen LogP contribution >= 0.6 is 15.9 Å². The Hall–Kier alpha value is -1.03. The van der Waals surface area contributed by atoms with E-state index in [-0.39, 0.29) is 5.97 Å². The summed E-state index contributed by atoms with van der Waals surface area (Å²) in [5.74, 6) is 0.895. The number of benzene rings is 1. The second kappa shape index (κ2) is 6.23. The molecule has 98 valence electrons. The highest BCUT2D eigenvalue weighted by molar-refractivity contribution is 9.10. The number of ether oxygens (including phenoxy) is 2. The van der Waals surface area contributed by atoms with E-state index >= 15 is 0 Å². The normalized spacial score (nSPS) is 13.0. The number of carbonyl (C=O) groups is 1. The van der Waals surface area contributed by atoms with Crippen LogP contribution in [-0.2, 0) is 22.4 Å². The Kier molecular flexibility index (Phi) is 4.64. The van der Waals surface area contributed by atoms with Crippen molar-refractivity contribution in [2.45, 2.75) is 32.6 Å². The van der Waals surface area contributed by atoms with Crippen molar-refractivity contribution >= 4 is 21.9 Å². The summed E-state index contributed by atoms with van der Waals surface area (Å²) < 4.78 is 11.7. The first-order valence-corrected chi connectivity index (χ1v) is 7.09. The molecule has 1 aliphatic rings. The fraction of sp³-hybridized carbons (Fsp3) is 0.500. The third kappa shape index (κ3) is 3.25. The molecule has 3 nitrogen and oxygen atoms in total. The molecule has 1 heterocycles. The number of carbonyl (C=O) groups excluding carboxylic acids is 1. The van der Waals surface area contributed by atoms with Crippen molar-refractivity contribution in [3.63, 3.8) is 0 Å². The minimum atomic E-state index is -0.120. The molecule has 0 aliphatic carbocycles. The zero-order valence-corrected chi connectivity index (χ0v) is 12.1. The lowest BCUT2D eigenvalue weighted by Crippen LogP contribution is -2.04. The number of halogens is 1. The van der Waals surface area contributed by atoms with Gasteiger partial charge in [0.2, 0.25) is 0 Å². The van der Waals surface area contributed by atoms with Gasteiger partial charge in [-0.2, -0.15) is 0 Å². The Morgan fingerprint density at radius 1 is 1.50 bits per heavy atom. The third-order valence-corrected chi connectivity index (χ3v) is 3.42. The van der Waals surface area contributed by atoms with Gasteiger partial charge in [-0.1, -0.05) is 15.9 Å². The smallest absolute Gasteiger partial charge is 0.305 e. The van der Waals surface area contributed by atoms with Crippen molar-refractivity contribution in [2.75, 3.05) is 13.2 Å². The molecule has 0 atom stereocenters. The van der Waals surface area contributed by atoms with Gasteiger partial charge in [0.15, 0.2) is 0 Å². The number of hydrogen-bond donors (Lipinski definition) is 0. The molecule has 0 saturated carbocycles. The molecular weight excluding hydrogens is 296 g/mol. The molecule has 0 radical (unpaired) electrons. The van der Waals surface area contributed by atoms with E-state index in [1.165, 1.54) is 11.1 Å². The lowest BCUT2D eigenvalue weighted by atomic mass is 10.0. The first kappa shape index (κ1) is 13.4. The van der Waals surface area contributed by atoms with Crippen LogP contribution in [0.1, 0.15) is 30.9 Å². The van der Waals surface area contributed by atoms with Crippen LogP contribution in [0.25, 0.3) is 0 Å². The van der Waals surface area contributed by atoms with Crippen molar-refractivity contribution in [1.82, 2.24) is 0 Å². The molecule has 0 spiro atoms. The van der Waals surface area contributed by atoms with Gasteiger partial charge in [-0.3, -0.25) is 4.79 Å². The maximum atomic E-state index is 11.3. The van der Waals surface area contributed by atoms with Gasteiger partial charge in [-0.05, 0) is 43.0 Å². The number of rotatable bonds is 5. The molecule has 0 fully saturated rings. The van der Waals surface area contributed by atoms with Gasteiger partial charge >= 0.3 is 5.97 Å². The van der Waals surface area contributed by atoms with Crippen LogP contribution in [0, 0.1) is 0 Å². The molecule has 1 aliphatic heterocycles. The summed E-state index contributed by atoms with van der Waals surface area (Å²) in [6.45, 7) is 3.04. The van der Waals surface area contributed by atoms with Crippen molar-refractivity contribution in [1.29, 1.82) is 0 Å². The lowest BCUT2D eigenvalue weighted by Gasteiger charge is -2.08. The maximum absolute atomic E-state index is 11.3. The number of aryl methyl sites for hydroxylation is 1. The molecule has 18 heavy (non-hydrogen) atoms. The monoisotopic (exact) mass is 312 g/mol. The van der Waals surface area contributed by atoms with E-state index in [4.69, 9.17) is 9.47 Å². The summed E-state index contributed by atoms with van der Waals surface area (Å²) in [6, 6.07) is 4.19. The van der Waals surface area contributed by atoms with Crippen molar-refractivity contribution in [2.24, 2.45) is 0 Å². The van der Waals surface area contributed by atoms with E-state index in [0.29, 0.717) is 13.0 Å². The van der Waals surface area contributed by atoms with E-state index in [2.05, 4.69) is 28.1 Å². The second-order valence-electron chi connectivity index (χ2n) is 4.31. The summed E-state index contributed by atoms with van der Waals surface area (Å²) >= 11 is 3.51. The number of esters is 1. The zero-order valence-electron chi connectivity index (χ0n) is 10.5. The molecule has 0 bridgehead atoms. The van der Waals surface area contributed by atoms with Gasteiger partial charge in [0, 0.05) is 17.3 Å². The standard InChI is InChI=1S/C14H17BrO3/c1-2-17-13(16)5-3-4-10-8-12(15)9-11-6-7-18-14(10)11/h8-9H,2-7H2,1H3. The van der Waals surface area contributed by atoms with Gasteiger partial charge in [0.1, 0.15) is 5.75 Å². The van der Waals surface area contributed by atoms with Crippen molar-refractivity contribution in [3.05, 3.63) is 27.7 Å². The van der Waals surface area contributed by atoms with Crippen molar-refractivity contribution < 1.29 is 14.3 Å². The van der Waals surface area contributed by atoms with Gasteiger partial charge < -0.3 is 9.47 Å². The SMILES string of the molecule is CCOC(=O)CCCc1cc(Br)cc2c1OCC2. The molecule has 0 unspecified atom stereocenters. The molecule has 2 rings (SSSR count). The maximum Gasteiger partial charge on any atom is 0.305 e. The van der Waals surface area contributed by atoms with Gasteiger partial charge in [-0.15, -0.1) is 0 Å². The Labute approximate surface area is 116 Å². The van der Waals surface area contributed by atoms with E-state index < -0.39 is 0 Å². The van der Waals surface area contributed by atoms with Crippen molar-refractivity contribution in [3.8, 4) is 5.75 Å². The number of fused-ring (bicyclic) bond motifs is 1. The topological polar surface area (TPSA) is 35.5 Å². The van der Waals surface area contributed by atoms with Crippen LogP contribution in [0.15, 0.2) is 16.6 Å². The van der Waals surface area contributed by atoms with Crippen LogP contribution in [-0.4, -0.2) is 19.2 Å². The largest absolute Gasteiger partial charge is 0.493 e. The summed E-state index contributed by atoms with van der Waals surface area (Å²) in [7, 11) is 0. The summed E-state index contributed by atoms with van der Waals surface area (Å²) in [5, 5.41) is 0. The quantitative estimate of drug-likeness (QED) is 0.783. The highest BCUT2D eigenvalue weighted by Crippen LogP contribution is 2.33. The van der Waals surface area contributed by atoms with E-state index in [9.17, 15) is 4.79 Å². The molecule has 0 N–H and O–H groups in total. The molecule has 0 amide bonds. The van der Waals surface area contributed by atoms with Crippen LogP contribution in [0.2, 0.25) is 0 Å². The van der Waals surface area contributed by atoms with E-state index in [0.717, 1.165) is 36.1 Å². The summed E-state index contributed by atoms with van der Waals surface area (Å²) in [5.41, 5.74) is 2.44. The van der Waals surface area contributed by atoms with E-state index in [1.54, 1.807) is 0 Å². The average molecular weight is 313 g/mol. The number of hydrogen-bond acceptors (Lipinski definition) is 3. The van der Waals surface area contributed by atoms with Crippen LogP contribution in [0.5, 0.6) is 5.75 Å². The zero-order chi connectivity index (χ0) is 13.0. The van der Waals surface area contributed by atoms with Crippen LogP contribution in [0.4, 0.5) is 0 Å². The third-order valence-electron chi connectivity index (χ3n) is 2.96. The fourth-order valence-electron chi connectivity index (χ4n) is 2.19. The Morgan fingerprint density at radius 2 is 2.33 bits per heavy atom. The predicted molar refractivity (Wildman–Crippen MR) is 72.9 cm³/mol. The first-order chi connectivity index (χ1) is 8.70.